The van der Waals surface area contributed by atoms with Crippen molar-refractivity contribution in [1.82, 2.24) is 15.3 Å². The minimum Gasteiger partial charge on any atom is -0.497 e. The van der Waals surface area contributed by atoms with Gasteiger partial charge in [0.25, 0.3) is 6.01 Å². The molecular formula is C20H25N5O3S. The zero-order valence-corrected chi connectivity index (χ0v) is 17.2. The van der Waals surface area contributed by atoms with Gasteiger partial charge < -0.3 is 25.1 Å². The minimum atomic E-state index is 0.0716. The molecule has 9 heteroatoms. The Morgan fingerprint density at radius 1 is 1.45 bits per heavy atom. The van der Waals surface area contributed by atoms with Gasteiger partial charge >= 0.3 is 0 Å². The van der Waals surface area contributed by atoms with Crippen LogP contribution in [0.5, 0.6) is 5.75 Å². The number of oxazole rings is 1. The van der Waals surface area contributed by atoms with Gasteiger partial charge in [-0.05, 0) is 30.9 Å². The van der Waals surface area contributed by atoms with Gasteiger partial charge in [0.2, 0.25) is 5.91 Å². The van der Waals surface area contributed by atoms with E-state index in [9.17, 15) is 4.79 Å². The second-order valence-electron chi connectivity index (χ2n) is 7.27. The van der Waals surface area contributed by atoms with E-state index in [0.29, 0.717) is 30.5 Å². The van der Waals surface area contributed by atoms with Crippen LogP contribution in [0.4, 0.5) is 11.1 Å². The number of benzene rings is 1. The molecule has 0 saturated carbocycles. The number of amides is 1. The number of thiazole rings is 1. The highest BCUT2D eigenvalue weighted by molar-refractivity contribution is 7.13. The van der Waals surface area contributed by atoms with E-state index in [1.807, 2.05) is 23.6 Å². The van der Waals surface area contributed by atoms with Gasteiger partial charge in [-0.15, -0.1) is 11.3 Å². The van der Waals surface area contributed by atoms with E-state index >= 15 is 0 Å². The molecule has 1 aliphatic rings. The van der Waals surface area contributed by atoms with Gasteiger partial charge in [-0.3, -0.25) is 4.79 Å². The average Bonchev–Trinajstić information content (AvgIpc) is 3.33. The summed E-state index contributed by atoms with van der Waals surface area (Å²) >= 11 is 1.42. The molecule has 4 rings (SSSR count). The molecule has 1 atom stereocenters. The van der Waals surface area contributed by atoms with Crippen LogP contribution >= 0.6 is 11.3 Å². The summed E-state index contributed by atoms with van der Waals surface area (Å²) in [5.74, 6) is 1.11. The third-order valence-corrected chi connectivity index (χ3v) is 5.84. The van der Waals surface area contributed by atoms with E-state index in [1.54, 1.807) is 7.11 Å². The van der Waals surface area contributed by atoms with Crippen molar-refractivity contribution >= 4 is 39.5 Å². The molecule has 0 bridgehead atoms. The van der Waals surface area contributed by atoms with Gasteiger partial charge in [-0.25, -0.2) is 4.98 Å². The minimum absolute atomic E-state index is 0.0716. The summed E-state index contributed by atoms with van der Waals surface area (Å²) in [6.45, 7) is 2.22. The quantitative estimate of drug-likeness (QED) is 0.611. The number of carbonyl (C=O) groups excluding carboxylic acids is 1. The van der Waals surface area contributed by atoms with Crippen LogP contribution in [0.1, 0.15) is 25.0 Å². The maximum Gasteiger partial charge on any atom is 0.298 e. The number of piperidine rings is 1. The highest BCUT2D eigenvalue weighted by atomic mass is 32.1. The number of aromatic nitrogens is 2. The zero-order chi connectivity index (χ0) is 20.2. The lowest BCUT2D eigenvalue weighted by Crippen LogP contribution is -2.38. The van der Waals surface area contributed by atoms with Crippen LogP contribution in [0.15, 0.2) is 28.0 Å². The topological polar surface area (TPSA) is 107 Å². The van der Waals surface area contributed by atoms with Crippen molar-refractivity contribution in [3.05, 3.63) is 29.3 Å². The van der Waals surface area contributed by atoms with Gasteiger partial charge in [0.05, 0.1) is 12.8 Å². The van der Waals surface area contributed by atoms with Crippen LogP contribution in [0.3, 0.4) is 0 Å². The summed E-state index contributed by atoms with van der Waals surface area (Å²) in [5.41, 5.74) is 8.07. The van der Waals surface area contributed by atoms with Crippen molar-refractivity contribution in [3.63, 3.8) is 0 Å². The fourth-order valence-corrected chi connectivity index (χ4v) is 4.26. The van der Waals surface area contributed by atoms with Gasteiger partial charge in [0.1, 0.15) is 11.3 Å². The van der Waals surface area contributed by atoms with Crippen LogP contribution < -0.4 is 20.7 Å². The predicted octanol–water partition coefficient (Wildman–Crippen LogP) is 2.84. The first-order chi connectivity index (χ1) is 14.1. The Labute approximate surface area is 173 Å². The molecule has 3 N–H and O–H groups in total. The first kappa shape index (κ1) is 19.5. The molecule has 0 spiro atoms. The predicted molar refractivity (Wildman–Crippen MR) is 113 cm³/mol. The number of rotatable bonds is 7. The Morgan fingerprint density at radius 2 is 2.34 bits per heavy atom. The number of nitrogens with two attached hydrogens (primary N) is 1. The summed E-state index contributed by atoms with van der Waals surface area (Å²) in [7, 11) is 1.63. The van der Waals surface area contributed by atoms with E-state index in [4.69, 9.17) is 14.9 Å². The summed E-state index contributed by atoms with van der Waals surface area (Å²) in [6, 6.07) is 6.21. The van der Waals surface area contributed by atoms with Crippen molar-refractivity contribution in [2.45, 2.75) is 25.7 Å². The van der Waals surface area contributed by atoms with Gasteiger partial charge in [-0.2, -0.15) is 4.98 Å². The van der Waals surface area contributed by atoms with E-state index in [1.165, 1.54) is 11.3 Å². The summed E-state index contributed by atoms with van der Waals surface area (Å²) in [6.07, 6.45) is 3.24. The Kier molecular flexibility index (Phi) is 5.84. The molecule has 3 heterocycles. The lowest BCUT2D eigenvalue weighted by Gasteiger charge is -2.31. The SMILES string of the molecule is COc1ccc2oc(N3CCCC(CC(=O)NCCc4csc(N)n4)C3)nc2c1. The van der Waals surface area contributed by atoms with Gasteiger partial charge in [0.15, 0.2) is 10.7 Å². The molecule has 154 valence electrons. The highest BCUT2D eigenvalue weighted by Crippen LogP contribution is 2.29. The summed E-state index contributed by atoms with van der Waals surface area (Å²) < 4.78 is 11.2. The van der Waals surface area contributed by atoms with Crippen molar-refractivity contribution in [2.75, 3.05) is 37.4 Å². The van der Waals surface area contributed by atoms with E-state index in [-0.39, 0.29) is 11.8 Å². The standard InChI is InChI=1S/C20H25N5O3S/c1-27-15-4-5-17-16(10-15)24-20(28-17)25-8-2-3-13(11-25)9-18(26)22-7-6-14-12-29-19(21)23-14/h4-5,10,12-13H,2-3,6-9,11H2,1H3,(H2,21,23)(H,22,26). The highest BCUT2D eigenvalue weighted by Gasteiger charge is 2.25. The van der Waals surface area contributed by atoms with Crippen molar-refractivity contribution in [1.29, 1.82) is 0 Å². The molecule has 1 amide bonds. The molecule has 0 radical (unpaired) electrons. The number of nitrogens with zero attached hydrogens (tertiary/aromatic N) is 3. The fourth-order valence-electron chi connectivity index (χ4n) is 3.66. The molecule has 2 aromatic heterocycles. The Balaban J connectivity index is 1.30. The van der Waals surface area contributed by atoms with Crippen LogP contribution in [0, 0.1) is 5.92 Å². The number of nitrogen functional groups attached to an aromatic ring is 1. The number of fused-ring (bicyclic) bond motifs is 1. The van der Waals surface area contributed by atoms with Crippen LogP contribution in [0.2, 0.25) is 0 Å². The smallest absolute Gasteiger partial charge is 0.298 e. The molecule has 1 saturated heterocycles. The fraction of sp³-hybridized carbons (Fsp3) is 0.450. The molecule has 1 fully saturated rings. The lowest BCUT2D eigenvalue weighted by atomic mass is 9.94. The molecular weight excluding hydrogens is 390 g/mol. The van der Waals surface area contributed by atoms with Crippen LogP contribution in [-0.2, 0) is 11.2 Å². The van der Waals surface area contributed by atoms with Crippen LogP contribution in [-0.4, -0.2) is 42.6 Å². The monoisotopic (exact) mass is 415 g/mol. The third-order valence-electron chi connectivity index (χ3n) is 5.12. The Hall–Kier alpha value is -2.81. The summed E-state index contributed by atoms with van der Waals surface area (Å²) in [5, 5.41) is 5.48. The Bertz CT molecular complexity index is 986. The number of ether oxygens (including phenoxy) is 1. The molecule has 1 unspecified atom stereocenters. The maximum absolute atomic E-state index is 12.3. The van der Waals surface area contributed by atoms with E-state index in [2.05, 4.69) is 20.2 Å². The zero-order valence-electron chi connectivity index (χ0n) is 16.4. The van der Waals surface area contributed by atoms with E-state index < -0.39 is 0 Å². The third kappa shape index (κ3) is 4.79. The molecule has 29 heavy (non-hydrogen) atoms. The number of hydrogen-bond acceptors (Lipinski definition) is 8. The molecule has 1 aromatic carbocycles. The van der Waals surface area contributed by atoms with Crippen molar-refractivity contribution in [3.8, 4) is 5.75 Å². The first-order valence-electron chi connectivity index (χ1n) is 9.77. The number of anilines is 2. The van der Waals surface area contributed by atoms with Gasteiger partial charge in [0, 0.05) is 43.9 Å². The first-order valence-corrected chi connectivity index (χ1v) is 10.6. The van der Waals surface area contributed by atoms with Crippen molar-refractivity contribution in [2.24, 2.45) is 5.92 Å². The largest absolute Gasteiger partial charge is 0.497 e. The summed E-state index contributed by atoms with van der Waals surface area (Å²) in [4.78, 5) is 23.3. The second kappa shape index (κ2) is 8.69. The molecule has 8 nitrogen and oxygen atoms in total. The van der Waals surface area contributed by atoms with Gasteiger partial charge in [-0.1, -0.05) is 0 Å². The number of methoxy groups -OCH3 is 1. The Morgan fingerprint density at radius 3 is 3.14 bits per heavy atom. The maximum atomic E-state index is 12.3. The normalized spacial score (nSPS) is 16.9. The van der Waals surface area contributed by atoms with E-state index in [0.717, 1.165) is 48.5 Å². The second-order valence-corrected chi connectivity index (χ2v) is 8.16. The van der Waals surface area contributed by atoms with Crippen LogP contribution in [0.25, 0.3) is 11.1 Å². The molecule has 0 aliphatic carbocycles. The number of carbonyl (C=O) groups is 1. The van der Waals surface area contributed by atoms with Crippen molar-refractivity contribution < 1.29 is 13.9 Å². The molecule has 3 aromatic rings. The molecule has 1 aliphatic heterocycles. The number of nitrogens with one attached hydrogen (secondary N) is 1. The number of hydrogen-bond donors (Lipinski definition) is 2. The lowest BCUT2D eigenvalue weighted by molar-refractivity contribution is -0.122. The average molecular weight is 416 g/mol.